The van der Waals surface area contributed by atoms with Gasteiger partial charge in [-0.25, -0.2) is 0 Å². The molecule has 1 aliphatic rings. The number of carbonyl (C=O) groups is 1. The number of nitrogen functional groups attached to an aromatic ring is 1. The molecule has 2 unspecified atom stereocenters. The molecular formula is C15H18N2O3. The number of aliphatic hydroxyl groups excluding tert-OH is 1. The van der Waals surface area contributed by atoms with Crippen LogP contribution in [0.3, 0.4) is 0 Å². The zero-order valence-corrected chi connectivity index (χ0v) is 11.0. The van der Waals surface area contributed by atoms with Crippen molar-refractivity contribution >= 4 is 11.6 Å². The lowest BCUT2D eigenvalue weighted by Gasteiger charge is -2.24. The van der Waals surface area contributed by atoms with Crippen LogP contribution < -0.4 is 11.1 Å². The van der Waals surface area contributed by atoms with Crippen molar-refractivity contribution < 1.29 is 15.0 Å². The molecule has 0 aliphatic heterocycles. The second kappa shape index (κ2) is 6.25. The number of nitrogens with two attached hydrogens (primary N) is 1. The van der Waals surface area contributed by atoms with Gasteiger partial charge in [0.1, 0.15) is 0 Å². The molecule has 0 saturated heterocycles. The number of phenolic OH excluding ortho intramolecular Hbond substituents is 1. The van der Waals surface area contributed by atoms with E-state index in [1.807, 2.05) is 24.3 Å². The van der Waals surface area contributed by atoms with E-state index < -0.39 is 11.9 Å². The Hall–Kier alpha value is -2.27. The Morgan fingerprint density at radius 2 is 2.25 bits per heavy atom. The molecule has 5 nitrogen and oxygen atoms in total. The zero-order chi connectivity index (χ0) is 14.5. The number of aromatic hydroxyl groups is 1. The fraction of sp³-hybridized carbons (Fsp3) is 0.267. The lowest BCUT2D eigenvalue weighted by Crippen LogP contribution is -2.42. The van der Waals surface area contributed by atoms with E-state index in [0.717, 1.165) is 6.42 Å². The van der Waals surface area contributed by atoms with E-state index in [9.17, 15) is 15.0 Å². The molecule has 1 aromatic carbocycles. The van der Waals surface area contributed by atoms with Gasteiger partial charge in [0, 0.05) is 5.92 Å². The second-order valence-corrected chi connectivity index (χ2v) is 4.72. The lowest BCUT2D eigenvalue weighted by molar-refractivity contribution is 0.0897. The van der Waals surface area contributed by atoms with Gasteiger partial charge < -0.3 is 21.3 Å². The number of aliphatic hydroxyl groups is 1. The van der Waals surface area contributed by atoms with Crippen molar-refractivity contribution in [1.82, 2.24) is 5.32 Å². The minimum atomic E-state index is -0.447. The van der Waals surface area contributed by atoms with Crippen LogP contribution in [0.2, 0.25) is 0 Å². The highest BCUT2D eigenvalue weighted by Gasteiger charge is 2.22. The predicted octanol–water partition coefficient (Wildman–Crippen LogP) is 1.20. The molecule has 0 saturated carbocycles. The molecule has 106 valence electrons. The Labute approximate surface area is 117 Å². The van der Waals surface area contributed by atoms with Crippen LogP contribution in [-0.4, -0.2) is 28.8 Å². The van der Waals surface area contributed by atoms with Gasteiger partial charge in [0.15, 0.2) is 5.75 Å². The third kappa shape index (κ3) is 3.00. The van der Waals surface area contributed by atoms with Crippen molar-refractivity contribution in [1.29, 1.82) is 0 Å². The maximum atomic E-state index is 12.1. The number of anilines is 1. The summed E-state index contributed by atoms with van der Waals surface area (Å²) >= 11 is 0. The van der Waals surface area contributed by atoms with Crippen LogP contribution in [0.5, 0.6) is 5.75 Å². The fourth-order valence-electron chi connectivity index (χ4n) is 2.18. The fourth-order valence-corrected chi connectivity index (χ4v) is 2.18. The normalized spacial score (nSPS) is 18.8. The van der Waals surface area contributed by atoms with Gasteiger partial charge in [-0.1, -0.05) is 30.4 Å². The lowest BCUT2D eigenvalue weighted by atomic mass is 9.93. The van der Waals surface area contributed by atoms with Gasteiger partial charge in [0.25, 0.3) is 5.91 Å². The third-order valence-electron chi connectivity index (χ3n) is 3.36. The monoisotopic (exact) mass is 274 g/mol. The van der Waals surface area contributed by atoms with Crippen LogP contribution in [-0.2, 0) is 0 Å². The van der Waals surface area contributed by atoms with Gasteiger partial charge in [0.05, 0.1) is 23.9 Å². The number of rotatable bonds is 4. The predicted molar refractivity (Wildman–Crippen MR) is 77.2 cm³/mol. The molecule has 20 heavy (non-hydrogen) atoms. The average molecular weight is 274 g/mol. The number of phenols is 1. The summed E-state index contributed by atoms with van der Waals surface area (Å²) < 4.78 is 0. The maximum absolute atomic E-state index is 12.1. The highest BCUT2D eigenvalue weighted by Crippen LogP contribution is 2.25. The summed E-state index contributed by atoms with van der Waals surface area (Å²) in [5.41, 5.74) is 5.83. The molecule has 0 bridgehead atoms. The number of para-hydroxylation sites is 1. The van der Waals surface area contributed by atoms with Gasteiger partial charge in [-0.05, 0) is 18.6 Å². The first-order valence-corrected chi connectivity index (χ1v) is 6.46. The highest BCUT2D eigenvalue weighted by atomic mass is 16.3. The van der Waals surface area contributed by atoms with Gasteiger partial charge in [0.2, 0.25) is 0 Å². The summed E-state index contributed by atoms with van der Waals surface area (Å²) in [7, 11) is 0. The van der Waals surface area contributed by atoms with E-state index in [4.69, 9.17) is 5.73 Å². The molecule has 0 aromatic heterocycles. The molecule has 0 heterocycles. The number of hydrogen-bond acceptors (Lipinski definition) is 4. The Morgan fingerprint density at radius 1 is 1.45 bits per heavy atom. The summed E-state index contributed by atoms with van der Waals surface area (Å²) in [6, 6.07) is 4.21. The van der Waals surface area contributed by atoms with E-state index in [-0.39, 0.29) is 29.5 Å². The first-order chi connectivity index (χ1) is 9.63. The Balaban J connectivity index is 2.11. The van der Waals surface area contributed by atoms with Crippen molar-refractivity contribution in [3.8, 4) is 5.75 Å². The molecule has 5 heteroatoms. The zero-order valence-electron chi connectivity index (χ0n) is 11.0. The van der Waals surface area contributed by atoms with Gasteiger partial charge in [-0.3, -0.25) is 4.79 Å². The summed E-state index contributed by atoms with van der Waals surface area (Å²) in [5, 5.41) is 22.0. The van der Waals surface area contributed by atoms with Gasteiger partial charge >= 0.3 is 0 Å². The molecule has 0 fully saturated rings. The summed E-state index contributed by atoms with van der Waals surface area (Å²) in [6.07, 6.45) is 8.50. The molecule has 0 spiro atoms. The Morgan fingerprint density at radius 3 is 2.90 bits per heavy atom. The van der Waals surface area contributed by atoms with Crippen LogP contribution in [0.15, 0.2) is 42.5 Å². The van der Waals surface area contributed by atoms with Gasteiger partial charge in [-0.15, -0.1) is 0 Å². The molecule has 1 amide bonds. The number of allylic oxidation sites excluding steroid dienone is 3. The first-order valence-electron chi connectivity index (χ1n) is 6.46. The van der Waals surface area contributed by atoms with E-state index in [0.29, 0.717) is 0 Å². The molecule has 5 N–H and O–H groups in total. The van der Waals surface area contributed by atoms with E-state index in [1.165, 1.54) is 12.1 Å². The van der Waals surface area contributed by atoms with Crippen molar-refractivity contribution in [3.05, 3.63) is 48.1 Å². The van der Waals surface area contributed by atoms with Crippen LogP contribution >= 0.6 is 0 Å². The minimum Gasteiger partial charge on any atom is -0.505 e. The number of carbonyl (C=O) groups excluding carboxylic acids is 1. The highest BCUT2D eigenvalue weighted by molar-refractivity contribution is 5.98. The molecular weight excluding hydrogens is 256 g/mol. The molecule has 1 aliphatic carbocycles. The van der Waals surface area contributed by atoms with Crippen molar-refractivity contribution in [2.75, 3.05) is 12.3 Å². The van der Waals surface area contributed by atoms with Crippen LogP contribution in [0.4, 0.5) is 5.69 Å². The van der Waals surface area contributed by atoms with E-state index in [1.54, 1.807) is 6.07 Å². The standard InChI is InChI=1S/C15H18N2O3/c16-12-8-4-7-11(14(12)19)15(20)17-13(9-18)10-5-2-1-3-6-10/h1-5,7-8,10,13,18-19H,6,9,16H2,(H,17,20). The molecule has 0 radical (unpaired) electrons. The second-order valence-electron chi connectivity index (χ2n) is 4.72. The molecule has 1 aromatic rings. The topological polar surface area (TPSA) is 95.6 Å². The largest absolute Gasteiger partial charge is 0.505 e. The van der Waals surface area contributed by atoms with Crippen molar-refractivity contribution in [3.63, 3.8) is 0 Å². The number of benzene rings is 1. The van der Waals surface area contributed by atoms with E-state index in [2.05, 4.69) is 5.32 Å². The average Bonchev–Trinajstić information content (AvgIpc) is 2.48. The molecule has 2 rings (SSSR count). The number of amides is 1. The first kappa shape index (κ1) is 14.1. The smallest absolute Gasteiger partial charge is 0.255 e. The van der Waals surface area contributed by atoms with E-state index >= 15 is 0 Å². The third-order valence-corrected chi connectivity index (χ3v) is 3.36. The Kier molecular flexibility index (Phi) is 4.42. The van der Waals surface area contributed by atoms with Crippen molar-refractivity contribution in [2.45, 2.75) is 12.5 Å². The van der Waals surface area contributed by atoms with Gasteiger partial charge in [-0.2, -0.15) is 0 Å². The number of nitrogens with one attached hydrogen (secondary N) is 1. The Bertz CT molecular complexity index is 552. The van der Waals surface area contributed by atoms with Crippen molar-refractivity contribution in [2.24, 2.45) is 5.92 Å². The maximum Gasteiger partial charge on any atom is 0.255 e. The summed E-state index contributed by atoms with van der Waals surface area (Å²) in [4.78, 5) is 12.1. The molecule has 2 atom stereocenters. The quantitative estimate of drug-likeness (QED) is 0.490. The van der Waals surface area contributed by atoms with Crippen LogP contribution in [0.25, 0.3) is 0 Å². The summed E-state index contributed by atoms with van der Waals surface area (Å²) in [6.45, 7) is -0.169. The number of hydrogen-bond donors (Lipinski definition) is 4. The SMILES string of the molecule is Nc1cccc(C(=O)NC(CO)C2C=CC=CC2)c1O. The van der Waals surface area contributed by atoms with Crippen LogP contribution in [0.1, 0.15) is 16.8 Å². The minimum absolute atomic E-state index is 0.0390. The van der Waals surface area contributed by atoms with Crippen LogP contribution in [0, 0.1) is 5.92 Å². The summed E-state index contributed by atoms with van der Waals surface area (Å²) in [5.74, 6) is -0.644.